The van der Waals surface area contributed by atoms with Crippen LogP contribution in [-0.2, 0) is 44.8 Å². The first-order chi connectivity index (χ1) is 31.3. The summed E-state index contributed by atoms with van der Waals surface area (Å²) in [6, 6.07) is 17.3. The van der Waals surface area contributed by atoms with Gasteiger partial charge in [0.15, 0.2) is 0 Å². The Morgan fingerprint density at radius 3 is 1.61 bits per heavy atom. The van der Waals surface area contributed by atoms with Gasteiger partial charge < -0.3 is 47.1 Å². The van der Waals surface area contributed by atoms with Crippen LogP contribution in [0.1, 0.15) is 90.3 Å². The van der Waals surface area contributed by atoms with Crippen LogP contribution in [0.25, 0.3) is 10.9 Å². The Kier molecular flexibility index (Phi) is 19.0. The number of H-pyrrole nitrogens is 1. The van der Waals surface area contributed by atoms with Gasteiger partial charge >= 0.3 is 11.9 Å². The second kappa shape index (κ2) is 24.3. The van der Waals surface area contributed by atoms with Crippen LogP contribution in [0.2, 0.25) is 0 Å². The lowest BCUT2D eigenvalue weighted by Gasteiger charge is -2.31. The van der Waals surface area contributed by atoms with Crippen molar-refractivity contribution >= 4 is 58.3 Å². The minimum Gasteiger partial charge on any atom is -0.481 e. The molecule has 0 aliphatic rings. The van der Waals surface area contributed by atoms with E-state index in [9.17, 15) is 48.6 Å². The van der Waals surface area contributed by atoms with E-state index in [1.165, 1.54) is 6.92 Å². The normalized spacial score (nSPS) is 14.5. The minimum atomic E-state index is -1.72. The maximum absolute atomic E-state index is 14.3. The summed E-state index contributed by atoms with van der Waals surface area (Å²) in [5, 5.41) is 36.5. The molecule has 0 spiro atoms. The Balaban J connectivity index is 1.54. The van der Waals surface area contributed by atoms with Gasteiger partial charge in [-0.1, -0.05) is 127 Å². The van der Waals surface area contributed by atoms with E-state index >= 15 is 0 Å². The van der Waals surface area contributed by atoms with E-state index < -0.39 is 108 Å². The average Bonchev–Trinajstić information content (AvgIpc) is 3.68. The van der Waals surface area contributed by atoms with E-state index in [4.69, 9.17) is 0 Å². The molecule has 0 saturated carbocycles. The first-order valence-electron chi connectivity index (χ1n) is 22.2. The molecule has 0 saturated heterocycles. The zero-order chi connectivity index (χ0) is 48.7. The second-order valence-corrected chi connectivity index (χ2v) is 17.4. The number of fused-ring (bicyclic) bond motifs is 1. The molecule has 1 aromatic heterocycles. The van der Waals surface area contributed by atoms with Crippen LogP contribution in [0.3, 0.4) is 0 Å². The molecular formula is C49H63N7O10. The zero-order valence-corrected chi connectivity index (χ0v) is 38.4. The SMILES string of the molecule is CC[C@H](C)[C@H](NC(=O)[C@@H](NC(=O)[C@H](CC(=O)O)NC(=O)[C@H](CC(C)C)NC(=O)[C@H](NC(C)=O)C(c1ccccc1)c1ccccc1)C(C)C)C(=O)N[C@@H](Cc1c[nH]c2ccccc12)C(=O)O. The summed E-state index contributed by atoms with van der Waals surface area (Å²) in [5.74, 6) is -9.37. The second-order valence-electron chi connectivity index (χ2n) is 17.4. The number of aromatic nitrogens is 1. The number of hydrogen-bond donors (Lipinski definition) is 9. The molecule has 0 aliphatic carbocycles. The first kappa shape index (κ1) is 51.6. The number of carbonyl (C=O) groups excluding carboxylic acids is 6. The number of benzene rings is 3. The van der Waals surface area contributed by atoms with Gasteiger partial charge in [-0.15, -0.1) is 0 Å². The van der Waals surface area contributed by atoms with Crippen LogP contribution in [0, 0.1) is 17.8 Å². The molecular weight excluding hydrogens is 847 g/mol. The molecule has 354 valence electrons. The predicted molar refractivity (Wildman–Crippen MR) is 248 cm³/mol. The lowest BCUT2D eigenvalue weighted by molar-refractivity contribution is -0.142. The Hall–Kier alpha value is -7.04. The molecule has 0 unspecified atom stereocenters. The van der Waals surface area contributed by atoms with Crippen LogP contribution in [-0.4, -0.2) is 98.8 Å². The van der Waals surface area contributed by atoms with Crippen molar-refractivity contribution in [2.24, 2.45) is 17.8 Å². The maximum atomic E-state index is 14.3. The number of carboxylic acid groups (broad SMARTS) is 2. The smallest absolute Gasteiger partial charge is 0.326 e. The number of aromatic amines is 1. The monoisotopic (exact) mass is 909 g/mol. The highest BCUT2D eigenvalue weighted by atomic mass is 16.4. The summed E-state index contributed by atoms with van der Waals surface area (Å²) in [7, 11) is 0. The topological polar surface area (TPSA) is 265 Å². The molecule has 17 heteroatoms. The fourth-order valence-corrected chi connectivity index (χ4v) is 7.75. The summed E-state index contributed by atoms with van der Waals surface area (Å²) in [6.07, 6.45) is 1.20. The lowest BCUT2D eigenvalue weighted by Crippen LogP contribution is -2.61. The van der Waals surface area contributed by atoms with Gasteiger partial charge in [-0.05, 0) is 46.9 Å². The Morgan fingerprint density at radius 1 is 0.576 bits per heavy atom. The Labute approximate surface area is 384 Å². The van der Waals surface area contributed by atoms with Crippen molar-refractivity contribution in [2.45, 2.75) is 116 Å². The van der Waals surface area contributed by atoms with Crippen molar-refractivity contribution in [2.75, 3.05) is 0 Å². The van der Waals surface area contributed by atoms with Gasteiger partial charge in [0.1, 0.15) is 36.3 Å². The quantitative estimate of drug-likeness (QED) is 0.0491. The third-order valence-corrected chi connectivity index (χ3v) is 11.4. The maximum Gasteiger partial charge on any atom is 0.326 e. The summed E-state index contributed by atoms with van der Waals surface area (Å²) in [6.45, 7) is 11.6. The number of carboxylic acids is 2. The summed E-state index contributed by atoms with van der Waals surface area (Å²) < 4.78 is 0. The highest BCUT2D eigenvalue weighted by molar-refractivity contribution is 5.98. The van der Waals surface area contributed by atoms with Crippen molar-refractivity contribution < 1.29 is 48.6 Å². The lowest BCUT2D eigenvalue weighted by atomic mass is 9.84. The van der Waals surface area contributed by atoms with E-state index in [1.807, 2.05) is 60.7 Å². The van der Waals surface area contributed by atoms with Crippen molar-refractivity contribution in [1.82, 2.24) is 36.9 Å². The fraction of sp³-hybridized carbons (Fsp3) is 0.429. The van der Waals surface area contributed by atoms with Crippen molar-refractivity contribution in [3.8, 4) is 0 Å². The van der Waals surface area contributed by atoms with Crippen molar-refractivity contribution in [1.29, 1.82) is 0 Å². The van der Waals surface area contributed by atoms with Gasteiger partial charge in [0, 0.05) is 36.4 Å². The van der Waals surface area contributed by atoms with Crippen molar-refractivity contribution in [3.05, 3.63) is 108 Å². The third kappa shape index (κ3) is 14.5. The molecule has 17 nitrogen and oxygen atoms in total. The number of aliphatic carboxylic acids is 2. The largest absolute Gasteiger partial charge is 0.481 e. The van der Waals surface area contributed by atoms with Crippen LogP contribution in [0.4, 0.5) is 0 Å². The highest BCUT2D eigenvalue weighted by Gasteiger charge is 2.38. The Morgan fingerprint density at radius 2 is 1.08 bits per heavy atom. The van der Waals surface area contributed by atoms with E-state index in [-0.39, 0.29) is 18.8 Å². The molecule has 9 N–H and O–H groups in total. The molecule has 3 aromatic carbocycles. The zero-order valence-electron chi connectivity index (χ0n) is 38.4. The Bertz CT molecular complexity index is 2280. The number of carbonyl (C=O) groups is 8. The summed E-state index contributed by atoms with van der Waals surface area (Å²) in [5.41, 5.74) is 2.89. The summed E-state index contributed by atoms with van der Waals surface area (Å²) in [4.78, 5) is 110. The van der Waals surface area contributed by atoms with E-state index in [0.717, 1.165) is 10.9 Å². The number of amides is 6. The minimum absolute atomic E-state index is 0.0485. The number of rotatable bonds is 24. The molecule has 4 aromatic rings. The highest BCUT2D eigenvalue weighted by Crippen LogP contribution is 2.29. The fourth-order valence-electron chi connectivity index (χ4n) is 7.75. The van der Waals surface area contributed by atoms with Gasteiger partial charge in [-0.3, -0.25) is 33.6 Å². The van der Waals surface area contributed by atoms with Gasteiger partial charge in [0.2, 0.25) is 35.4 Å². The van der Waals surface area contributed by atoms with Crippen LogP contribution < -0.4 is 31.9 Å². The predicted octanol–water partition coefficient (Wildman–Crippen LogP) is 3.78. The standard InChI is InChI=1S/C49H63N7O10/c1-8-29(6)42(47(63)54-38(49(65)66)24-33-26-50-35-22-16-15-21-34(33)35)56-46(62)41(28(4)5)55-45(61)37(25-39(58)59)52-44(60)36(23-27(2)3)53-48(64)43(51-30(7)57)40(31-17-11-9-12-18-31)32-19-13-10-14-20-32/h9-22,26-29,36-38,40-43,50H,8,23-25H2,1-7H3,(H,51,57)(H,52,60)(H,53,64)(H,54,63)(H,55,61)(H,56,62)(H,58,59)(H,65,66)/t29-,36-,37-,38-,41-,42-,43+/m0/s1. The molecule has 0 aliphatic heterocycles. The number of hydrogen-bond acceptors (Lipinski definition) is 8. The van der Waals surface area contributed by atoms with Crippen LogP contribution >= 0.6 is 0 Å². The van der Waals surface area contributed by atoms with Gasteiger partial charge in [-0.2, -0.15) is 0 Å². The molecule has 4 rings (SSSR count). The van der Waals surface area contributed by atoms with Crippen molar-refractivity contribution in [3.63, 3.8) is 0 Å². The molecule has 66 heavy (non-hydrogen) atoms. The molecule has 7 atom stereocenters. The van der Waals surface area contributed by atoms with Crippen LogP contribution in [0.5, 0.6) is 0 Å². The molecule has 0 radical (unpaired) electrons. The average molecular weight is 910 g/mol. The van der Waals surface area contributed by atoms with Gasteiger partial charge in [0.25, 0.3) is 0 Å². The molecule has 1 heterocycles. The molecule has 0 bridgehead atoms. The van der Waals surface area contributed by atoms with E-state index in [0.29, 0.717) is 23.1 Å². The molecule has 0 fully saturated rings. The number of nitrogens with one attached hydrogen (secondary N) is 7. The van der Waals surface area contributed by atoms with Gasteiger partial charge in [-0.25, -0.2) is 4.79 Å². The van der Waals surface area contributed by atoms with Gasteiger partial charge in [0.05, 0.1) is 6.42 Å². The first-order valence-corrected chi connectivity index (χ1v) is 22.2. The van der Waals surface area contributed by atoms with Crippen LogP contribution in [0.15, 0.2) is 91.1 Å². The van der Waals surface area contributed by atoms with E-state index in [1.54, 1.807) is 72.0 Å². The summed E-state index contributed by atoms with van der Waals surface area (Å²) >= 11 is 0. The number of para-hydroxylation sites is 1. The van der Waals surface area contributed by atoms with E-state index in [2.05, 4.69) is 36.9 Å². The third-order valence-electron chi connectivity index (χ3n) is 11.4. The molecule has 6 amide bonds.